The highest BCUT2D eigenvalue weighted by Gasteiger charge is 2.34. The number of allylic oxidation sites excluding steroid dienone is 2. The van der Waals surface area contributed by atoms with Gasteiger partial charge in [0, 0.05) is 12.4 Å². The number of carbonyl (C=O) groups is 2. The molecule has 0 aliphatic carbocycles. The van der Waals surface area contributed by atoms with Gasteiger partial charge in [0.25, 0.3) is 0 Å². The van der Waals surface area contributed by atoms with Crippen LogP contribution in [0.5, 0.6) is 0 Å². The first-order chi connectivity index (χ1) is 14.3. The van der Waals surface area contributed by atoms with Gasteiger partial charge in [-0.1, -0.05) is 18.2 Å². The average Bonchev–Trinajstić information content (AvgIpc) is 3.14. The predicted molar refractivity (Wildman–Crippen MR) is 100 cm³/mol. The number of esters is 2. The van der Waals surface area contributed by atoms with E-state index >= 15 is 0 Å². The van der Waals surface area contributed by atoms with Gasteiger partial charge in [-0.3, -0.25) is 0 Å². The summed E-state index contributed by atoms with van der Waals surface area (Å²) in [5, 5.41) is 3.59. The molecule has 156 valence electrons. The largest absolute Gasteiger partial charge is 0.465 e. The summed E-state index contributed by atoms with van der Waals surface area (Å²) in [4.78, 5) is 26.1. The highest BCUT2D eigenvalue weighted by atomic mass is 19.4. The Balaban J connectivity index is 2.20. The monoisotopic (exact) mass is 419 g/mol. The van der Waals surface area contributed by atoms with E-state index < -0.39 is 23.8 Å². The Morgan fingerprint density at radius 1 is 0.967 bits per heavy atom. The van der Waals surface area contributed by atoms with Crippen molar-refractivity contribution in [1.29, 1.82) is 0 Å². The molecule has 30 heavy (non-hydrogen) atoms. The number of methoxy groups -OCH3 is 2. The van der Waals surface area contributed by atoms with Gasteiger partial charge in [0.2, 0.25) is 0 Å². The first-order valence-corrected chi connectivity index (χ1v) is 8.55. The molecule has 7 nitrogen and oxygen atoms in total. The fourth-order valence-corrected chi connectivity index (χ4v) is 2.82. The second kappa shape index (κ2) is 8.27. The summed E-state index contributed by atoms with van der Waals surface area (Å²) >= 11 is 0. The van der Waals surface area contributed by atoms with Crippen molar-refractivity contribution in [3.63, 3.8) is 0 Å². The second-order valence-electron chi connectivity index (χ2n) is 5.95. The van der Waals surface area contributed by atoms with Gasteiger partial charge in [-0.05, 0) is 30.4 Å². The average molecular weight is 419 g/mol. The van der Waals surface area contributed by atoms with Gasteiger partial charge in [0.15, 0.2) is 5.69 Å². The van der Waals surface area contributed by atoms with Gasteiger partial charge in [-0.25, -0.2) is 14.3 Å². The minimum atomic E-state index is -4.61. The van der Waals surface area contributed by atoms with Crippen LogP contribution in [0.1, 0.15) is 5.69 Å². The van der Waals surface area contributed by atoms with Gasteiger partial charge in [-0.2, -0.15) is 18.3 Å². The van der Waals surface area contributed by atoms with Crippen molar-refractivity contribution in [2.24, 2.45) is 0 Å². The van der Waals surface area contributed by atoms with E-state index in [2.05, 4.69) is 5.10 Å². The lowest BCUT2D eigenvalue weighted by Crippen LogP contribution is -2.27. The van der Waals surface area contributed by atoms with Crippen LogP contribution in [0, 0.1) is 0 Å². The third kappa shape index (κ3) is 3.97. The topological polar surface area (TPSA) is 73.7 Å². The lowest BCUT2D eigenvalue weighted by Gasteiger charge is -2.25. The third-order valence-electron chi connectivity index (χ3n) is 4.16. The minimum Gasteiger partial charge on any atom is -0.465 e. The van der Waals surface area contributed by atoms with Crippen molar-refractivity contribution in [2.45, 2.75) is 6.18 Å². The van der Waals surface area contributed by atoms with E-state index in [9.17, 15) is 22.8 Å². The second-order valence-corrected chi connectivity index (χ2v) is 5.95. The molecule has 0 radical (unpaired) electrons. The summed E-state index contributed by atoms with van der Waals surface area (Å²) in [6.45, 7) is 0. The Morgan fingerprint density at radius 3 is 2.23 bits per heavy atom. The number of hydrogen-bond acceptors (Lipinski definition) is 6. The van der Waals surface area contributed by atoms with Crippen LogP contribution in [-0.2, 0) is 25.2 Å². The lowest BCUT2D eigenvalue weighted by atomic mass is 10.1. The van der Waals surface area contributed by atoms with E-state index in [4.69, 9.17) is 9.47 Å². The first kappa shape index (κ1) is 20.9. The van der Waals surface area contributed by atoms with Crippen molar-refractivity contribution in [1.82, 2.24) is 9.78 Å². The van der Waals surface area contributed by atoms with Gasteiger partial charge >= 0.3 is 18.1 Å². The van der Waals surface area contributed by atoms with Gasteiger partial charge in [-0.15, -0.1) is 0 Å². The molecule has 3 rings (SSSR count). The first-order valence-electron chi connectivity index (χ1n) is 8.55. The molecule has 1 aliphatic rings. The lowest BCUT2D eigenvalue weighted by molar-refractivity contribution is -0.141. The Kier molecular flexibility index (Phi) is 5.77. The molecule has 2 heterocycles. The number of rotatable bonds is 4. The molecule has 1 aliphatic heterocycles. The third-order valence-corrected chi connectivity index (χ3v) is 4.16. The van der Waals surface area contributed by atoms with E-state index in [-0.39, 0.29) is 22.6 Å². The number of nitrogens with zero attached hydrogens (tertiary/aromatic N) is 3. The molecule has 0 atom stereocenters. The highest BCUT2D eigenvalue weighted by molar-refractivity contribution is 6.05. The van der Waals surface area contributed by atoms with E-state index in [0.717, 1.165) is 31.2 Å². The number of hydrogen-bond donors (Lipinski definition) is 0. The van der Waals surface area contributed by atoms with Crippen molar-refractivity contribution < 1.29 is 32.2 Å². The molecule has 2 aromatic rings. The zero-order valence-corrected chi connectivity index (χ0v) is 15.9. The van der Waals surface area contributed by atoms with E-state index in [0.29, 0.717) is 0 Å². The van der Waals surface area contributed by atoms with Crippen LogP contribution in [0.3, 0.4) is 0 Å². The zero-order chi connectivity index (χ0) is 21.9. The highest BCUT2D eigenvalue weighted by Crippen LogP contribution is 2.33. The molecule has 1 aromatic carbocycles. The number of ether oxygens (including phenoxy) is 2. The maximum absolute atomic E-state index is 13.0. The summed E-state index contributed by atoms with van der Waals surface area (Å²) in [7, 11) is 2.31. The molecule has 0 saturated carbocycles. The van der Waals surface area contributed by atoms with Crippen LogP contribution in [0.2, 0.25) is 0 Å². The molecule has 0 fully saturated rings. The van der Waals surface area contributed by atoms with Crippen LogP contribution in [0.25, 0.3) is 5.69 Å². The van der Waals surface area contributed by atoms with Crippen LogP contribution < -0.4 is 4.90 Å². The molecule has 10 heteroatoms. The maximum Gasteiger partial charge on any atom is 0.435 e. The molecular formula is C20H16F3N3O4. The van der Waals surface area contributed by atoms with Crippen LogP contribution in [0.4, 0.5) is 18.9 Å². The molecule has 0 N–H and O–H groups in total. The van der Waals surface area contributed by atoms with Crippen LogP contribution in [0.15, 0.2) is 72.2 Å². The van der Waals surface area contributed by atoms with Gasteiger partial charge in [0.1, 0.15) is 5.70 Å². The normalized spacial score (nSPS) is 14.0. The minimum absolute atomic E-state index is 0.0828. The number of anilines is 1. The number of aromatic nitrogens is 2. The van der Waals surface area contributed by atoms with E-state index in [1.54, 1.807) is 24.3 Å². The maximum atomic E-state index is 13.0. The Hall–Kier alpha value is -3.82. The van der Waals surface area contributed by atoms with Crippen molar-refractivity contribution in [2.75, 3.05) is 19.1 Å². The summed E-state index contributed by atoms with van der Waals surface area (Å²) in [5.74, 6) is -1.62. The number of carbonyl (C=O) groups excluding carboxylic acids is 2. The number of alkyl halides is 3. The number of para-hydroxylation sites is 2. The molecule has 0 spiro atoms. The fourth-order valence-electron chi connectivity index (χ4n) is 2.82. The summed E-state index contributed by atoms with van der Waals surface area (Å²) < 4.78 is 49.6. The van der Waals surface area contributed by atoms with Gasteiger partial charge < -0.3 is 14.4 Å². The number of benzene rings is 1. The molecule has 0 saturated heterocycles. The summed E-state index contributed by atoms with van der Waals surface area (Å²) in [6, 6.07) is 7.18. The predicted octanol–water partition coefficient (Wildman–Crippen LogP) is 3.38. The summed E-state index contributed by atoms with van der Waals surface area (Å²) in [6.07, 6.45) is 2.48. The Bertz CT molecular complexity index is 1070. The van der Waals surface area contributed by atoms with E-state index in [1.807, 2.05) is 0 Å². The molecular weight excluding hydrogens is 403 g/mol. The summed E-state index contributed by atoms with van der Waals surface area (Å²) in [5.41, 5.74) is -0.781. The molecule has 0 unspecified atom stereocenters. The van der Waals surface area contributed by atoms with Crippen molar-refractivity contribution in [3.8, 4) is 5.69 Å². The van der Waals surface area contributed by atoms with Gasteiger partial charge in [0.05, 0.1) is 31.2 Å². The Labute approximate surface area is 169 Å². The van der Waals surface area contributed by atoms with Crippen molar-refractivity contribution in [3.05, 3.63) is 77.9 Å². The standard InChI is InChI=1S/C20H16F3N3O4/c1-29-18(27)13-7-5-6-11-25(17(13)19(28)30-2)14-8-3-4-9-15(14)26-12-10-16(24-26)20(21,22)23/h3-12H,1-2H3. The quantitative estimate of drug-likeness (QED) is 0.708. The molecule has 0 amide bonds. The van der Waals surface area contributed by atoms with Crippen LogP contribution in [-0.4, -0.2) is 35.9 Å². The number of halogens is 3. The fraction of sp³-hybridized carbons (Fsp3) is 0.150. The smallest absolute Gasteiger partial charge is 0.435 e. The van der Waals surface area contributed by atoms with Crippen LogP contribution >= 0.6 is 0 Å². The van der Waals surface area contributed by atoms with Crippen molar-refractivity contribution >= 4 is 17.6 Å². The zero-order valence-electron chi connectivity index (χ0n) is 15.9. The Morgan fingerprint density at radius 2 is 1.63 bits per heavy atom. The molecule has 1 aromatic heterocycles. The molecule has 0 bridgehead atoms. The SMILES string of the molecule is COC(=O)C1=C(C(=O)OC)N(c2ccccc2-n2ccc(C(F)(F)F)n2)C=CC=C1. The van der Waals surface area contributed by atoms with E-state index in [1.165, 1.54) is 29.3 Å².